The van der Waals surface area contributed by atoms with Gasteiger partial charge in [0.05, 0.1) is 6.61 Å². The van der Waals surface area contributed by atoms with Crippen molar-refractivity contribution in [1.29, 1.82) is 0 Å². The van der Waals surface area contributed by atoms with Gasteiger partial charge < -0.3 is 15.4 Å². The third-order valence-corrected chi connectivity index (χ3v) is 3.64. The van der Waals surface area contributed by atoms with Gasteiger partial charge in [-0.1, -0.05) is 22.0 Å². The molecule has 1 aromatic carbocycles. The van der Waals surface area contributed by atoms with Crippen molar-refractivity contribution < 1.29 is 4.74 Å². The van der Waals surface area contributed by atoms with Crippen LogP contribution in [0.3, 0.4) is 0 Å². The third kappa shape index (κ3) is 3.69. The van der Waals surface area contributed by atoms with Gasteiger partial charge in [-0.15, -0.1) is 0 Å². The molecular weight excluding hydrogens is 280 g/mol. The van der Waals surface area contributed by atoms with E-state index in [4.69, 9.17) is 10.5 Å². The summed E-state index contributed by atoms with van der Waals surface area (Å²) in [6.07, 6.45) is 0. The molecule has 4 heteroatoms. The molecule has 0 fully saturated rings. The fourth-order valence-electron chi connectivity index (χ4n) is 1.71. The van der Waals surface area contributed by atoms with Crippen molar-refractivity contribution in [2.45, 2.75) is 25.9 Å². The lowest BCUT2D eigenvalue weighted by Gasteiger charge is -2.27. The van der Waals surface area contributed by atoms with E-state index in [0.29, 0.717) is 12.6 Å². The molecule has 0 saturated carbocycles. The molecule has 0 aliphatic carbocycles. The van der Waals surface area contributed by atoms with E-state index in [0.717, 1.165) is 15.7 Å². The fourth-order valence-corrected chi connectivity index (χ4v) is 2.44. The summed E-state index contributed by atoms with van der Waals surface area (Å²) in [6, 6.07) is 6.65. The summed E-state index contributed by atoms with van der Waals surface area (Å²) >= 11 is 3.57. The van der Waals surface area contributed by atoms with Crippen LogP contribution in [0.2, 0.25) is 0 Å². The van der Waals surface area contributed by atoms with Gasteiger partial charge in [0.15, 0.2) is 0 Å². The van der Waals surface area contributed by atoms with Crippen LogP contribution in [-0.4, -0.2) is 26.8 Å². The van der Waals surface area contributed by atoms with Crippen molar-refractivity contribution in [3.05, 3.63) is 28.2 Å². The summed E-state index contributed by atoms with van der Waals surface area (Å²) in [5, 5.41) is 0. The molecular formula is C13H21BrN2O. The number of hydrogen-bond acceptors (Lipinski definition) is 3. The van der Waals surface area contributed by atoms with Gasteiger partial charge in [-0.05, 0) is 31.5 Å². The highest BCUT2D eigenvalue weighted by Crippen LogP contribution is 2.27. The number of ether oxygens (including phenoxy) is 1. The van der Waals surface area contributed by atoms with E-state index in [2.05, 4.69) is 53.0 Å². The van der Waals surface area contributed by atoms with Gasteiger partial charge in [0.25, 0.3) is 0 Å². The van der Waals surface area contributed by atoms with E-state index in [1.807, 2.05) is 6.92 Å². The molecule has 1 rings (SSSR count). The first kappa shape index (κ1) is 14.5. The molecule has 0 amide bonds. The second-order valence-corrected chi connectivity index (χ2v) is 5.26. The average Bonchev–Trinajstić information content (AvgIpc) is 2.27. The first-order chi connectivity index (χ1) is 7.97. The molecule has 0 saturated heterocycles. The van der Waals surface area contributed by atoms with Crippen molar-refractivity contribution >= 4 is 21.6 Å². The van der Waals surface area contributed by atoms with Crippen LogP contribution in [0.4, 0.5) is 5.69 Å². The lowest BCUT2D eigenvalue weighted by atomic mass is 10.1. The van der Waals surface area contributed by atoms with Gasteiger partial charge in [0.2, 0.25) is 0 Å². The van der Waals surface area contributed by atoms with Crippen LogP contribution in [0, 0.1) is 0 Å². The van der Waals surface area contributed by atoms with Crippen LogP contribution in [0.1, 0.15) is 25.5 Å². The summed E-state index contributed by atoms with van der Waals surface area (Å²) in [6.45, 7) is 4.83. The number of anilines is 1. The molecule has 0 radical (unpaired) electrons. The molecule has 17 heavy (non-hydrogen) atoms. The lowest BCUT2D eigenvalue weighted by molar-refractivity contribution is 0.183. The number of likely N-dealkylation sites (N-methyl/N-ethyl adjacent to an activating group) is 1. The first-order valence-corrected chi connectivity index (χ1v) is 6.53. The zero-order chi connectivity index (χ0) is 13.0. The van der Waals surface area contributed by atoms with Gasteiger partial charge in [-0.2, -0.15) is 0 Å². The third-order valence-electron chi connectivity index (χ3n) is 2.95. The molecule has 0 aliphatic rings. The predicted molar refractivity (Wildman–Crippen MR) is 76.5 cm³/mol. The molecule has 0 spiro atoms. The van der Waals surface area contributed by atoms with Crippen LogP contribution in [0.25, 0.3) is 0 Å². The van der Waals surface area contributed by atoms with Crippen molar-refractivity contribution in [1.82, 2.24) is 0 Å². The van der Waals surface area contributed by atoms with Gasteiger partial charge in [0.1, 0.15) is 0 Å². The highest BCUT2D eigenvalue weighted by atomic mass is 79.9. The minimum Gasteiger partial charge on any atom is -0.383 e. The Morgan fingerprint density at radius 2 is 2.06 bits per heavy atom. The van der Waals surface area contributed by atoms with Crippen molar-refractivity contribution in [3.8, 4) is 0 Å². The SMILES string of the molecule is COCC(C)N(C)c1ccc([C@H](C)N)c(Br)c1. The number of methoxy groups -OCH3 is 1. The standard InChI is InChI=1S/C13H21BrN2O/c1-9(8-17-4)16(3)11-5-6-12(10(2)15)13(14)7-11/h5-7,9-10H,8,15H2,1-4H3/t9?,10-/m0/s1. The van der Waals surface area contributed by atoms with Gasteiger partial charge in [-0.3, -0.25) is 0 Å². The fraction of sp³-hybridized carbons (Fsp3) is 0.538. The maximum Gasteiger partial charge on any atom is 0.0663 e. The Bertz CT molecular complexity index is 368. The predicted octanol–water partition coefficient (Wildman–Crippen LogP) is 2.94. The second kappa shape index (κ2) is 6.38. The van der Waals surface area contributed by atoms with E-state index < -0.39 is 0 Å². The van der Waals surface area contributed by atoms with Gasteiger partial charge in [0, 0.05) is 36.4 Å². The zero-order valence-electron chi connectivity index (χ0n) is 10.9. The van der Waals surface area contributed by atoms with E-state index >= 15 is 0 Å². The maximum atomic E-state index is 5.88. The van der Waals surface area contributed by atoms with Gasteiger partial charge >= 0.3 is 0 Å². The minimum atomic E-state index is 0.0418. The van der Waals surface area contributed by atoms with E-state index in [1.54, 1.807) is 7.11 Å². The largest absolute Gasteiger partial charge is 0.383 e. The number of rotatable bonds is 5. The molecule has 0 aromatic heterocycles. The normalized spacial score (nSPS) is 14.5. The zero-order valence-corrected chi connectivity index (χ0v) is 12.5. The Balaban J connectivity index is 2.89. The quantitative estimate of drug-likeness (QED) is 0.909. The Hall–Kier alpha value is -0.580. The van der Waals surface area contributed by atoms with Crippen LogP contribution in [-0.2, 0) is 4.74 Å². The first-order valence-electron chi connectivity index (χ1n) is 5.74. The summed E-state index contributed by atoms with van der Waals surface area (Å²) in [4.78, 5) is 2.19. The topological polar surface area (TPSA) is 38.5 Å². The molecule has 3 nitrogen and oxygen atoms in total. The molecule has 1 unspecified atom stereocenters. The Kier molecular flexibility index (Phi) is 5.43. The van der Waals surface area contributed by atoms with Crippen LogP contribution in [0.15, 0.2) is 22.7 Å². The van der Waals surface area contributed by atoms with Crippen LogP contribution in [0.5, 0.6) is 0 Å². The highest BCUT2D eigenvalue weighted by molar-refractivity contribution is 9.10. The van der Waals surface area contributed by atoms with E-state index in [9.17, 15) is 0 Å². The molecule has 0 heterocycles. The average molecular weight is 301 g/mol. The number of benzene rings is 1. The molecule has 2 N–H and O–H groups in total. The monoisotopic (exact) mass is 300 g/mol. The number of hydrogen-bond donors (Lipinski definition) is 1. The number of nitrogens with zero attached hydrogens (tertiary/aromatic N) is 1. The molecule has 0 aliphatic heterocycles. The summed E-state index contributed by atoms with van der Waals surface area (Å²) in [7, 11) is 3.79. The second-order valence-electron chi connectivity index (χ2n) is 4.41. The molecule has 0 bridgehead atoms. The minimum absolute atomic E-state index is 0.0418. The molecule has 96 valence electrons. The lowest BCUT2D eigenvalue weighted by Crippen LogP contribution is -2.32. The smallest absolute Gasteiger partial charge is 0.0663 e. The van der Waals surface area contributed by atoms with Gasteiger partial charge in [-0.25, -0.2) is 0 Å². The number of nitrogens with two attached hydrogens (primary N) is 1. The summed E-state index contributed by atoms with van der Waals surface area (Å²) in [5.41, 5.74) is 8.17. The Morgan fingerprint density at radius 3 is 2.53 bits per heavy atom. The van der Waals surface area contributed by atoms with Crippen molar-refractivity contribution in [2.24, 2.45) is 5.73 Å². The Morgan fingerprint density at radius 1 is 1.41 bits per heavy atom. The molecule has 2 atom stereocenters. The molecule has 1 aromatic rings. The van der Waals surface area contributed by atoms with E-state index in [-0.39, 0.29) is 6.04 Å². The van der Waals surface area contributed by atoms with Crippen molar-refractivity contribution in [3.63, 3.8) is 0 Å². The Labute approximate surface area is 112 Å². The highest BCUT2D eigenvalue weighted by Gasteiger charge is 2.12. The summed E-state index contributed by atoms with van der Waals surface area (Å²) < 4.78 is 6.22. The maximum absolute atomic E-state index is 5.88. The van der Waals surface area contributed by atoms with Crippen molar-refractivity contribution in [2.75, 3.05) is 25.7 Å². The van der Waals surface area contributed by atoms with Crippen LogP contribution < -0.4 is 10.6 Å². The summed E-state index contributed by atoms with van der Waals surface area (Å²) in [5.74, 6) is 0. The van der Waals surface area contributed by atoms with Crippen LogP contribution >= 0.6 is 15.9 Å². The number of halogens is 1. The van der Waals surface area contributed by atoms with E-state index in [1.165, 1.54) is 0 Å².